The van der Waals surface area contributed by atoms with Gasteiger partial charge in [0.15, 0.2) is 0 Å². The Balaban J connectivity index is 1.64. The zero-order chi connectivity index (χ0) is 15.2. The molecule has 0 unspecified atom stereocenters. The van der Waals surface area contributed by atoms with Gasteiger partial charge in [-0.25, -0.2) is 4.90 Å². The number of para-hydroxylation sites is 1. The van der Waals surface area contributed by atoms with Gasteiger partial charge < -0.3 is 0 Å². The molecular weight excluding hydrogens is 274 g/mol. The Morgan fingerprint density at radius 2 is 1.41 bits per heavy atom. The lowest BCUT2D eigenvalue weighted by Crippen LogP contribution is -2.40. The van der Waals surface area contributed by atoms with Crippen molar-refractivity contribution in [3.8, 4) is 0 Å². The van der Waals surface area contributed by atoms with E-state index >= 15 is 0 Å². The summed E-state index contributed by atoms with van der Waals surface area (Å²) < 4.78 is 0. The number of benzene rings is 1. The zero-order valence-electron chi connectivity index (χ0n) is 12.8. The fraction of sp³-hybridized carbons (Fsp3) is 0.474. The first-order chi connectivity index (χ1) is 10.6. The van der Waals surface area contributed by atoms with Crippen LogP contribution in [0.1, 0.15) is 17.5 Å². The maximum atomic E-state index is 13.1. The van der Waals surface area contributed by atoms with Gasteiger partial charge in [-0.05, 0) is 55.1 Å². The molecule has 4 aliphatic carbocycles. The fourth-order valence-electron chi connectivity index (χ4n) is 5.34. The molecule has 0 aromatic heterocycles. The van der Waals surface area contributed by atoms with Crippen molar-refractivity contribution in [3.63, 3.8) is 0 Å². The maximum absolute atomic E-state index is 13.1. The van der Waals surface area contributed by atoms with Crippen molar-refractivity contribution in [2.75, 3.05) is 4.90 Å². The average molecular weight is 293 g/mol. The van der Waals surface area contributed by atoms with E-state index in [1.54, 1.807) is 0 Å². The quantitative estimate of drug-likeness (QED) is 0.590. The molecule has 3 nitrogen and oxygen atoms in total. The van der Waals surface area contributed by atoms with Crippen molar-refractivity contribution in [3.05, 3.63) is 41.5 Å². The van der Waals surface area contributed by atoms with Crippen molar-refractivity contribution in [1.82, 2.24) is 0 Å². The molecular formula is C19H19NO2. The van der Waals surface area contributed by atoms with E-state index < -0.39 is 0 Å². The number of carbonyl (C=O) groups is 2. The zero-order valence-corrected chi connectivity index (χ0v) is 12.8. The molecule has 1 aliphatic heterocycles. The third-order valence-electron chi connectivity index (χ3n) is 6.33. The van der Waals surface area contributed by atoms with Crippen molar-refractivity contribution in [2.24, 2.45) is 35.5 Å². The van der Waals surface area contributed by atoms with Crippen LogP contribution in [0.5, 0.6) is 0 Å². The number of carbonyl (C=O) groups excluding carboxylic acids is 2. The van der Waals surface area contributed by atoms with Crippen LogP contribution in [0.25, 0.3) is 0 Å². The van der Waals surface area contributed by atoms with E-state index in [4.69, 9.17) is 0 Å². The summed E-state index contributed by atoms with van der Waals surface area (Å²) in [5, 5.41) is 0. The van der Waals surface area contributed by atoms with Gasteiger partial charge in [-0.3, -0.25) is 9.59 Å². The van der Waals surface area contributed by atoms with Crippen molar-refractivity contribution < 1.29 is 9.59 Å². The second-order valence-corrected chi connectivity index (χ2v) is 7.41. The van der Waals surface area contributed by atoms with Crippen molar-refractivity contribution in [2.45, 2.75) is 20.3 Å². The van der Waals surface area contributed by atoms with E-state index in [2.05, 4.69) is 12.2 Å². The topological polar surface area (TPSA) is 37.4 Å². The molecule has 0 spiro atoms. The molecule has 2 bridgehead atoms. The minimum absolute atomic E-state index is 0.0390. The van der Waals surface area contributed by atoms with E-state index in [-0.39, 0.29) is 23.7 Å². The predicted octanol–water partition coefficient (Wildman–Crippen LogP) is 2.86. The number of imide groups is 1. The Bertz CT molecular complexity index is 694. The van der Waals surface area contributed by atoms with Gasteiger partial charge in [0, 0.05) is 0 Å². The van der Waals surface area contributed by atoms with Gasteiger partial charge in [0.25, 0.3) is 0 Å². The maximum Gasteiger partial charge on any atom is 0.238 e. The summed E-state index contributed by atoms with van der Waals surface area (Å²) in [6.07, 6.45) is 5.65. The number of hydrogen-bond donors (Lipinski definition) is 0. The number of nitrogens with zero attached hydrogens (tertiary/aromatic N) is 1. The normalized spacial score (nSPS) is 40.9. The van der Waals surface area contributed by atoms with Gasteiger partial charge in [0.1, 0.15) is 0 Å². The molecule has 3 heteroatoms. The summed E-state index contributed by atoms with van der Waals surface area (Å²) in [7, 11) is 0. The molecule has 1 aromatic carbocycles. The summed E-state index contributed by atoms with van der Waals surface area (Å²) in [6.45, 7) is 3.96. The van der Waals surface area contributed by atoms with E-state index in [1.807, 2.05) is 32.0 Å². The molecule has 2 saturated carbocycles. The highest BCUT2D eigenvalue weighted by molar-refractivity contribution is 6.23. The lowest BCUT2D eigenvalue weighted by Gasteiger charge is -2.37. The van der Waals surface area contributed by atoms with Crippen molar-refractivity contribution in [1.29, 1.82) is 0 Å². The number of allylic oxidation sites excluding steroid dienone is 2. The largest absolute Gasteiger partial charge is 0.274 e. The Morgan fingerprint density at radius 1 is 0.909 bits per heavy atom. The van der Waals surface area contributed by atoms with Crippen LogP contribution in [0, 0.1) is 49.4 Å². The molecule has 6 rings (SSSR count). The van der Waals surface area contributed by atoms with Crippen LogP contribution in [-0.2, 0) is 9.59 Å². The first-order valence-electron chi connectivity index (χ1n) is 8.22. The SMILES string of the molecule is Cc1cccc(C)c1N1C(=O)[C@@H]2[C@H]3C=C[C@H]([C@H]4C[C@@H]34)[C@@H]2C1=O. The van der Waals surface area contributed by atoms with Gasteiger partial charge in [-0.2, -0.15) is 0 Å². The minimum atomic E-state index is -0.106. The highest BCUT2D eigenvalue weighted by Gasteiger charge is 2.67. The molecule has 0 radical (unpaired) electrons. The van der Waals surface area contributed by atoms with Crippen molar-refractivity contribution >= 4 is 17.5 Å². The first kappa shape index (κ1) is 12.6. The predicted molar refractivity (Wildman–Crippen MR) is 83.1 cm³/mol. The van der Waals surface area contributed by atoms with Crippen LogP contribution < -0.4 is 4.90 Å². The molecule has 5 aliphatic rings. The Morgan fingerprint density at radius 3 is 1.91 bits per heavy atom. The summed E-state index contributed by atoms with van der Waals surface area (Å²) in [5.41, 5.74) is 2.83. The average Bonchev–Trinajstić information content (AvgIpc) is 3.27. The number of aryl methyl sites for hydroxylation is 2. The summed E-state index contributed by atoms with van der Waals surface area (Å²) in [5.74, 6) is 1.78. The molecule has 22 heavy (non-hydrogen) atoms. The third-order valence-corrected chi connectivity index (χ3v) is 6.33. The van der Waals surface area contributed by atoms with Crippen LogP contribution in [-0.4, -0.2) is 11.8 Å². The standard InChI is InChI=1S/C19H19NO2/c1-9-4-3-5-10(2)17(9)20-18(21)15-11-6-7-12(14-8-13(11)14)16(15)19(20)22/h3-7,11-16H,8H2,1-2H3/t11-,12+,13-,14+,15+,16-. The molecule has 2 amide bonds. The molecule has 1 heterocycles. The molecule has 6 atom stereocenters. The molecule has 1 aromatic rings. The fourth-order valence-corrected chi connectivity index (χ4v) is 5.34. The lowest BCUT2D eigenvalue weighted by molar-refractivity contribution is -0.124. The smallest absolute Gasteiger partial charge is 0.238 e. The van der Waals surface area contributed by atoms with Crippen LogP contribution in [0.4, 0.5) is 5.69 Å². The van der Waals surface area contributed by atoms with E-state index in [0.717, 1.165) is 16.8 Å². The molecule has 1 saturated heterocycles. The van der Waals surface area contributed by atoms with Crippen LogP contribution in [0.3, 0.4) is 0 Å². The number of anilines is 1. The molecule has 3 fully saturated rings. The summed E-state index contributed by atoms with van der Waals surface area (Å²) in [6, 6.07) is 5.94. The highest BCUT2D eigenvalue weighted by Crippen LogP contribution is 2.65. The second-order valence-electron chi connectivity index (χ2n) is 7.41. The van der Waals surface area contributed by atoms with Gasteiger partial charge in [-0.1, -0.05) is 30.4 Å². The Hall–Kier alpha value is -1.90. The van der Waals surface area contributed by atoms with Gasteiger partial charge in [0.2, 0.25) is 11.8 Å². The summed E-state index contributed by atoms with van der Waals surface area (Å²) >= 11 is 0. The van der Waals surface area contributed by atoms with Crippen LogP contribution in [0.2, 0.25) is 0 Å². The van der Waals surface area contributed by atoms with E-state index in [9.17, 15) is 9.59 Å². The van der Waals surface area contributed by atoms with Crippen LogP contribution in [0.15, 0.2) is 30.4 Å². The van der Waals surface area contributed by atoms with Gasteiger partial charge in [-0.15, -0.1) is 0 Å². The monoisotopic (exact) mass is 293 g/mol. The molecule has 0 N–H and O–H groups in total. The third kappa shape index (κ3) is 1.33. The highest BCUT2D eigenvalue weighted by atomic mass is 16.2. The minimum Gasteiger partial charge on any atom is -0.274 e. The lowest BCUT2D eigenvalue weighted by atomic mass is 9.63. The van der Waals surface area contributed by atoms with Crippen LogP contribution >= 0.6 is 0 Å². The Labute approximate surface area is 130 Å². The number of rotatable bonds is 1. The molecule has 112 valence electrons. The van der Waals surface area contributed by atoms with E-state index in [0.29, 0.717) is 23.7 Å². The number of hydrogen-bond acceptors (Lipinski definition) is 2. The van der Waals surface area contributed by atoms with Gasteiger partial charge >= 0.3 is 0 Å². The second kappa shape index (κ2) is 3.89. The van der Waals surface area contributed by atoms with E-state index in [1.165, 1.54) is 11.3 Å². The Kier molecular flexibility index (Phi) is 2.23. The first-order valence-corrected chi connectivity index (χ1v) is 8.22. The number of amides is 2. The summed E-state index contributed by atoms with van der Waals surface area (Å²) in [4.78, 5) is 27.7. The van der Waals surface area contributed by atoms with Gasteiger partial charge in [0.05, 0.1) is 17.5 Å².